The second kappa shape index (κ2) is 9.40. The molecule has 1 aromatic heterocycles. The molecule has 1 N–H and O–H groups in total. The van der Waals surface area contributed by atoms with Crippen LogP contribution in [0.15, 0.2) is 28.8 Å². The van der Waals surface area contributed by atoms with E-state index in [1.807, 2.05) is 0 Å². The van der Waals surface area contributed by atoms with Gasteiger partial charge in [0, 0.05) is 18.2 Å². The van der Waals surface area contributed by atoms with Crippen LogP contribution >= 0.6 is 0 Å². The van der Waals surface area contributed by atoms with Gasteiger partial charge in [0.05, 0.1) is 11.1 Å². The molecule has 0 aliphatic heterocycles. The molecule has 6 nitrogen and oxygen atoms in total. The second-order valence-electron chi connectivity index (χ2n) is 6.75. The molecule has 2 aromatic rings. The largest absolute Gasteiger partial charge is 0.416 e. The van der Waals surface area contributed by atoms with Gasteiger partial charge in [-0.25, -0.2) is 0 Å². The van der Waals surface area contributed by atoms with Crippen molar-refractivity contribution in [3.63, 3.8) is 0 Å². The van der Waals surface area contributed by atoms with Gasteiger partial charge in [-0.1, -0.05) is 18.5 Å². The fourth-order valence-electron chi connectivity index (χ4n) is 2.64. The molecular weight excluding hydrogens is 432 g/mol. The van der Waals surface area contributed by atoms with Crippen molar-refractivity contribution in [3.8, 4) is 0 Å². The average Bonchev–Trinajstić information content (AvgIpc) is 3.07. The van der Waals surface area contributed by atoms with Gasteiger partial charge in [-0.2, -0.15) is 26.3 Å². The summed E-state index contributed by atoms with van der Waals surface area (Å²) in [6.07, 6.45) is -9.23. The van der Waals surface area contributed by atoms with E-state index in [1.165, 1.54) is 6.07 Å². The number of aryl methyl sites for hydroxylation is 1. The van der Waals surface area contributed by atoms with Crippen molar-refractivity contribution in [3.05, 3.63) is 46.7 Å². The molecule has 0 spiro atoms. The molecule has 170 valence electrons. The van der Waals surface area contributed by atoms with Crippen molar-refractivity contribution in [1.82, 2.24) is 10.1 Å². The highest BCUT2D eigenvalue weighted by Crippen LogP contribution is 2.36. The molecular formula is C19H19F6N3O3. The summed E-state index contributed by atoms with van der Waals surface area (Å²) in [5.41, 5.74) is -4.03. The van der Waals surface area contributed by atoms with E-state index in [0.29, 0.717) is 30.7 Å². The Balaban J connectivity index is 2.33. The highest BCUT2D eigenvalue weighted by atomic mass is 19.4. The Bertz CT molecular complexity index is 904. The number of amides is 2. The monoisotopic (exact) mass is 451 g/mol. The predicted octanol–water partition coefficient (Wildman–Crippen LogP) is 4.90. The Morgan fingerprint density at radius 3 is 2.06 bits per heavy atom. The number of nitrogens with zero attached hydrogens (tertiary/aromatic N) is 2. The number of carbonyl (C=O) groups excluding carboxylic acids is 2. The van der Waals surface area contributed by atoms with Crippen molar-refractivity contribution in [1.29, 1.82) is 0 Å². The number of hydrogen-bond donors (Lipinski definition) is 1. The van der Waals surface area contributed by atoms with E-state index in [9.17, 15) is 35.9 Å². The number of rotatable bonds is 7. The number of aromatic nitrogens is 1. The Hall–Kier alpha value is -3.05. The van der Waals surface area contributed by atoms with Gasteiger partial charge < -0.3 is 14.7 Å². The van der Waals surface area contributed by atoms with Gasteiger partial charge in [-0.3, -0.25) is 9.59 Å². The number of anilines is 1. The normalized spacial score (nSPS) is 12.0. The number of carbonyl (C=O) groups is 2. The third-order valence-corrected chi connectivity index (χ3v) is 4.13. The van der Waals surface area contributed by atoms with Gasteiger partial charge in [0.15, 0.2) is 5.82 Å². The Kier molecular flexibility index (Phi) is 7.34. The summed E-state index contributed by atoms with van der Waals surface area (Å²) in [6, 6.07) is 2.02. The van der Waals surface area contributed by atoms with Crippen LogP contribution in [0.1, 0.15) is 47.0 Å². The lowest BCUT2D eigenvalue weighted by atomic mass is 10.0. The molecule has 0 aliphatic carbocycles. The third kappa shape index (κ3) is 6.72. The first-order valence-corrected chi connectivity index (χ1v) is 9.13. The Morgan fingerprint density at radius 2 is 1.61 bits per heavy atom. The lowest BCUT2D eigenvalue weighted by Gasteiger charge is -2.23. The minimum Gasteiger partial charge on any atom is -0.360 e. The first-order valence-electron chi connectivity index (χ1n) is 9.13. The van der Waals surface area contributed by atoms with Gasteiger partial charge in [-0.15, -0.1) is 0 Å². The summed E-state index contributed by atoms with van der Waals surface area (Å²) in [7, 11) is 0. The molecule has 2 rings (SSSR count). The molecule has 1 heterocycles. The summed E-state index contributed by atoms with van der Waals surface area (Å²) in [5.74, 6) is -1.40. The molecule has 2 amide bonds. The fourth-order valence-corrected chi connectivity index (χ4v) is 2.64. The summed E-state index contributed by atoms with van der Waals surface area (Å²) in [4.78, 5) is 25.9. The van der Waals surface area contributed by atoms with Crippen molar-refractivity contribution in [2.75, 3.05) is 18.4 Å². The van der Waals surface area contributed by atoms with Crippen LogP contribution in [-0.4, -0.2) is 35.0 Å². The maximum Gasteiger partial charge on any atom is 0.416 e. The fraction of sp³-hybridized carbons (Fsp3) is 0.421. The standard InChI is InChI=1S/C19H19F6N3O3/c1-3-4-5-28(10-16(29)26-15-6-11(2)31-27-15)17(30)12-7-13(18(20,21)22)9-14(8-12)19(23,24)25/h6-9H,3-5,10H2,1-2H3,(H,26,27,29). The molecule has 0 saturated heterocycles. The first-order chi connectivity index (χ1) is 14.3. The van der Waals surface area contributed by atoms with E-state index in [2.05, 4.69) is 10.5 Å². The summed E-state index contributed by atoms with van der Waals surface area (Å²) in [5, 5.41) is 5.89. The molecule has 12 heteroatoms. The van der Waals surface area contributed by atoms with Crippen molar-refractivity contribution < 1.29 is 40.5 Å². The molecule has 0 fully saturated rings. The molecule has 1 aromatic carbocycles. The Morgan fingerprint density at radius 1 is 1.03 bits per heavy atom. The van der Waals surface area contributed by atoms with Crippen molar-refractivity contribution in [2.24, 2.45) is 0 Å². The van der Waals surface area contributed by atoms with E-state index >= 15 is 0 Å². The first kappa shape index (κ1) is 24.2. The SMILES string of the molecule is CCCCN(CC(=O)Nc1cc(C)on1)C(=O)c1cc(C(F)(F)F)cc(C(F)(F)F)c1. The number of unbranched alkanes of at least 4 members (excludes halogenated alkanes) is 1. The van der Waals surface area contributed by atoms with Crippen LogP contribution < -0.4 is 5.32 Å². The number of nitrogens with one attached hydrogen (secondary N) is 1. The highest BCUT2D eigenvalue weighted by Gasteiger charge is 2.38. The average molecular weight is 451 g/mol. The maximum atomic E-state index is 13.1. The minimum atomic E-state index is -5.09. The van der Waals surface area contributed by atoms with Gasteiger partial charge >= 0.3 is 12.4 Å². The lowest BCUT2D eigenvalue weighted by Crippen LogP contribution is -2.39. The van der Waals surface area contributed by atoms with Crippen LogP contribution in [0.2, 0.25) is 0 Å². The second-order valence-corrected chi connectivity index (χ2v) is 6.75. The minimum absolute atomic E-state index is 0.0435. The molecule has 0 atom stereocenters. The van der Waals surface area contributed by atoms with Crippen molar-refractivity contribution >= 4 is 17.6 Å². The van der Waals surface area contributed by atoms with E-state index < -0.39 is 47.4 Å². The van der Waals surface area contributed by atoms with Crippen molar-refractivity contribution in [2.45, 2.75) is 39.0 Å². The molecule has 0 bridgehead atoms. The van der Waals surface area contributed by atoms with Crippen LogP contribution in [-0.2, 0) is 17.1 Å². The molecule has 0 saturated carbocycles. The van der Waals surface area contributed by atoms with Crippen LogP contribution in [0.25, 0.3) is 0 Å². The highest BCUT2D eigenvalue weighted by molar-refractivity contribution is 5.99. The summed E-state index contributed by atoms with van der Waals surface area (Å²) >= 11 is 0. The molecule has 31 heavy (non-hydrogen) atoms. The Labute approximate surface area is 173 Å². The molecule has 0 aliphatic rings. The molecule has 0 radical (unpaired) electrons. The summed E-state index contributed by atoms with van der Waals surface area (Å²) in [6.45, 7) is 2.71. The molecule has 0 unspecified atom stereocenters. The van der Waals surface area contributed by atoms with Gasteiger partial charge in [-0.05, 0) is 31.5 Å². The zero-order valence-corrected chi connectivity index (χ0v) is 16.5. The van der Waals surface area contributed by atoms with Crippen LogP contribution in [0.4, 0.5) is 32.2 Å². The van der Waals surface area contributed by atoms with Gasteiger partial charge in [0.2, 0.25) is 5.91 Å². The van der Waals surface area contributed by atoms with Crippen LogP contribution in [0.5, 0.6) is 0 Å². The van der Waals surface area contributed by atoms with Crippen LogP contribution in [0.3, 0.4) is 0 Å². The third-order valence-electron chi connectivity index (χ3n) is 4.13. The van der Waals surface area contributed by atoms with E-state index in [1.54, 1.807) is 13.8 Å². The maximum absolute atomic E-state index is 13.1. The zero-order valence-electron chi connectivity index (χ0n) is 16.5. The van der Waals surface area contributed by atoms with Gasteiger partial charge in [0.25, 0.3) is 5.91 Å². The smallest absolute Gasteiger partial charge is 0.360 e. The number of benzene rings is 1. The van der Waals surface area contributed by atoms with E-state index in [-0.39, 0.29) is 18.4 Å². The summed E-state index contributed by atoms with van der Waals surface area (Å²) < 4.78 is 83.3. The number of halogens is 6. The number of alkyl halides is 6. The van der Waals surface area contributed by atoms with Gasteiger partial charge in [0.1, 0.15) is 12.3 Å². The van der Waals surface area contributed by atoms with E-state index in [0.717, 1.165) is 4.90 Å². The predicted molar refractivity (Wildman–Crippen MR) is 97.1 cm³/mol. The zero-order chi connectivity index (χ0) is 23.4. The lowest BCUT2D eigenvalue weighted by molar-refractivity contribution is -0.143. The number of hydrogen-bond acceptors (Lipinski definition) is 4. The van der Waals surface area contributed by atoms with Crippen LogP contribution in [0, 0.1) is 6.92 Å². The van der Waals surface area contributed by atoms with E-state index in [4.69, 9.17) is 4.52 Å². The quantitative estimate of drug-likeness (QED) is 0.608. The topological polar surface area (TPSA) is 75.4 Å².